The van der Waals surface area contributed by atoms with E-state index in [2.05, 4.69) is 10.3 Å². The summed E-state index contributed by atoms with van der Waals surface area (Å²) in [7, 11) is 0. The zero-order valence-electron chi connectivity index (χ0n) is 18.9. The maximum absolute atomic E-state index is 15.4. The first kappa shape index (κ1) is 23.6. The molecule has 1 N–H and O–H groups in total. The molecular weight excluding hydrogens is 480 g/mol. The number of benzene rings is 1. The number of thiophene rings is 1. The lowest BCUT2D eigenvalue weighted by molar-refractivity contribution is -0.129. The molecule has 2 unspecified atom stereocenters. The van der Waals surface area contributed by atoms with Gasteiger partial charge in [-0.2, -0.15) is 0 Å². The van der Waals surface area contributed by atoms with E-state index in [9.17, 15) is 9.18 Å². The Hall–Kier alpha value is -2.13. The fourth-order valence-corrected chi connectivity index (χ4v) is 6.35. The Kier molecular flexibility index (Phi) is 6.84. The number of alkyl halides is 1. The molecule has 9 heteroatoms. The van der Waals surface area contributed by atoms with Crippen LogP contribution in [0.15, 0.2) is 24.4 Å². The van der Waals surface area contributed by atoms with Crippen molar-refractivity contribution in [1.82, 2.24) is 15.2 Å². The van der Waals surface area contributed by atoms with Gasteiger partial charge in [0, 0.05) is 42.7 Å². The van der Waals surface area contributed by atoms with Gasteiger partial charge in [-0.3, -0.25) is 9.78 Å². The molecule has 34 heavy (non-hydrogen) atoms. The van der Waals surface area contributed by atoms with Crippen LogP contribution in [0.1, 0.15) is 28.8 Å². The van der Waals surface area contributed by atoms with E-state index in [-0.39, 0.29) is 24.1 Å². The summed E-state index contributed by atoms with van der Waals surface area (Å²) in [6, 6.07) is 5.24. The van der Waals surface area contributed by atoms with Gasteiger partial charge in [0.05, 0.1) is 34.9 Å². The summed E-state index contributed by atoms with van der Waals surface area (Å²) < 4.78 is 35.5. The lowest BCUT2D eigenvalue weighted by atomic mass is 9.92. The predicted molar refractivity (Wildman–Crippen MR) is 131 cm³/mol. The monoisotopic (exact) mass is 505 g/mol. The summed E-state index contributed by atoms with van der Waals surface area (Å²) in [4.78, 5) is 18.4. The molecule has 1 amide bonds. The minimum atomic E-state index is -0.620. The van der Waals surface area contributed by atoms with Gasteiger partial charge in [-0.05, 0) is 48.2 Å². The number of ether oxygens (including phenoxy) is 1. The summed E-state index contributed by atoms with van der Waals surface area (Å²) >= 11 is 7.73. The van der Waals surface area contributed by atoms with Crippen LogP contribution in [0.2, 0.25) is 5.02 Å². The quantitative estimate of drug-likeness (QED) is 0.509. The number of fused-ring (bicyclic) bond motifs is 1. The SMILES string of the molecule is Cc1cc(Cl)cc(-c2ccnc3c(F)c(CN4C(=O)CCC4CF)sc23)c1CC1CNCCO1. The molecule has 0 radical (unpaired) electrons. The van der Waals surface area contributed by atoms with Crippen LogP contribution in [0.5, 0.6) is 0 Å². The molecule has 2 aliphatic rings. The molecule has 0 saturated carbocycles. The number of pyridine rings is 1. The number of rotatable bonds is 6. The Bertz CT molecular complexity index is 1230. The van der Waals surface area contributed by atoms with Crippen molar-refractivity contribution in [1.29, 1.82) is 0 Å². The molecule has 0 spiro atoms. The van der Waals surface area contributed by atoms with Gasteiger partial charge in [0.1, 0.15) is 12.2 Å². The lowest BCUT2D eigenvalue weighted by Crippen LogP contribution is -2.39. The number of aryl methyl sites for hydroxylation is 1. The maximum Gasteiger partial charge on any atom is 0.223 e. The van der Waals surface area contributed by atoms with E-state index in [1.165, 1.54) is 16.2 Å². The molecule has 2 aliphatic heterocycles. The van der Waals surface area contributed by atoms with E-state index < -0.39 is 18.5 Å². The first-order valence-corrected chi connectivity index (χ1v) is 12.7. The number of nitrogens with one attached hydrogen (secondary N) is 1. The highest BCUT2D eigenvalue weighted by atomic mass is 35.5. The zero-order valence-corrected chi connectivity index (χ0v) is 20.4. The molecule has 2 atom stereocenters. The Balaban J connectivity index is 1.57. The van der Waals surface area contributed by atoms with Gasteiger partial charge < -0.3 is 15.0 Å². The van der Waals surface area contributed by atoms with Crippen molar-refractivity contribution in [3.63, 3.8) is 0 Å². The van der Waals surface area contributed by atoms with Crippen LogP contribution in [0.25, 0.3) is 21.3 Å². The number of hydrogen-bond acceptors (Lipinski definition) is 5. The van der Waals surface area contributed by atoms with Gasteiger partial charge in [-0.25, -0.2) is 8.78 Å². The Labute approximate surface area is 206 Å². The summed E-state index contributed by atoms with van der Waals surface area (Å²) in [6.45, 7) is 3.74. The summed E-state index contributed by atoms with van der Waals surface area (Å²) in [5, 5.41) is 3.97. The van der Waals surface area contributed by atoms with Gasteiger partial charge in [0.2, 0.25) is 5.91 Å². The Morgan fingerprint density at radius 1 is 1.35 bits per heavy atom. The third-order valence-electron chi connectivity index (χ3n) is 6.69. The maximum atomic E-state index is 15.4. The van der Waals surface area contributed by atoms with Crippen molar-refractivity contribution in [2.45, 2.75) is 44.9 Å². The van der Waals surface area contributed by atoms with E-state index >= 15 is 4.39 Å². The molecule has 2 saturated heterocycles. The van der Waals surface area contributed by atoms with Crippen molar-refractivity contribution in [2.24, 2.45) is 0 Å². The van der Waals surface area contributed by atoms with Gasteiger partial charge in [-0.15, -0.1) is 11.3 Å². The minimum Gasteiger partial charge on any atom is -0.375 e. The van der Waals surface area contributed by atoms with Crippen LogP contribution in [-0.4, -0.2) is 54.3 Å². The standard InChI is InChI=1S/C25H26ClF2N3O2S/c1-14-8-15(26)9-20(19(14)10-17-12-29-6-7-33-17)18-4-5-30-24-23(28)21(34-25(18)24)13-31-16(11-27)2-3-22(31)32/h4-5,8-9,16-17,29H,2-3,6-7,10-13H2,1H3. The second kappa shape index (κ2) is 9.85. The molecule has 2 aromatic heterocycles. The highest BCUT2D eigenvalue weighted by Crippen LogP contribution is 2.40. The third-order valence-corrected chi connectivity index (χ3v) is 8.08. The smallest absolute Gasteiger partial charge is 0.223 e. The highest BCUT2D eigenvalue weighted by molar-refractivity contribution is 7.19. The number of halogens is 3. The van der Waals surface area contributed by atoms with E-state index in [1.807, 2.05) is 25.1 Å². The molecule has 1 aromatic carbocycles. The van der Waals surface area contributed by atoms with E-state index in [4.69, 9.17) is 16.3 Å². The summed E-state index contributed by atoms with van der Waals surface area (Å²) in [6.07, 6.45) is 3.11. The molecule has 2 fully saturated rings. The fraction of sp³-hybridized carbons (Fsp3) is 0.440. The predicted octanol–water partition coefficient (Wildman–Crippen LogP) is 5.06. The van der Waals surface area contributed by atoms with Crippen molar-refractivity contribution >= 4 is 39.1 Å². The third kappa shape index (κ3) is 4.44. The second-order valence-corrected chi connectivity index (χ2v) is 10.4. The van der Waals surface area contributed by atoms with Crippen molar-refractivity contribution in [3.8, 4) is 11.1 Å². The molecular formula is C25H26ClF2N3O2S. The number of nitrogens with zero attached hydrogens (tertiary/aromatic N) is 2. The molecule has 5 rings (SSSR count). The first-order valence-electron chi connectivity index (χ1n) is 11.5. The number of aromatic nitrogens is 1. The van der Waals surface area contributed by atoms with Crippen LogP contribution >= 0.6 is 22.9 Å². The molecule has 180 valence electrons. The Morgan fingerprint density at radius 3 is 2.97 bits per heavy atom. The molecule has 0 bridgehead atoms. The number of morpholine rings is 1. The summed E-state index contributed by atoms with van der Waals surface area (Å²) in [5.74, 6) is -0.583. The van der Waals surface area contributed by atoms with Crippen LogP contribution in [0, 0.1) is 12.7 Å². The normalized spacial score (nSPS) is 21.1. The topological polar surface area (TPSA) is 54.5 Å². The first-order chi connectivity index (χ1) is 16.5. The van der Waals surface area contributed by atoms with Crippen LogP contribution < -0.4 is 5.32 Å². The number of carbonyl (C=O) groups excluding carboxylic acids is 1. The van der Waals surface area contributed by atoms with E-state index in [0.29, 0.717) is 40.5 Å². The second-order valence-electron chi connectivity index (χ2n) is 8.89. The molecule has 5 nitrogen and oxygen atoms in total. The molecule has 4 heterocycles. The van der Waals surface area contributed by atoms with Gasteiger partial charge >= 0.3 is 0 Å². The van der Waals surface area contributed by atoms with Crippen LogP contribution in [0.4, 0.5) is 8.78 Å². The number of amides is 1. The van der Waals surface area contributed by atoms with Crippen molar-refractivity contribution in [3.05, 3.63) is 51.2 Å². The van der Waals surface area contributed by atoms with Gasteiger partial charge in [-0.1, -0.05) is 11.6 Å². The number of likely N-dealkylation sites (tertiary alicyclic amines) is 1. The van der Waals surface area contributed by atoms with Crippen LogP contribution in [-0.2, 0) is 22.5 Å². The van der Waals surface area contributed by atoms with Crippen LogP contribution in [0.3, 0.4) is 0 Å². The summed E-state index contributed by atoms with van der Waals surface area (Å²) in [5.41, 5.74) is 4.19. The Morgan fingerprint density at radius 2 is 2.21 bits per heavy atom. The average molecular weight is 506 g/mol. The van der Waals surface area contributed by atoms with E-state index in [1.54, 1.807) is 6.20 Å². The van der Waals surface area contributed by atoms with Crippen molar-refractivity contribution in [2.75, 3.05) is 26.4 Å². The molecule has 0 aliphatic carbocycles. The largest absolute Gasteiger partial charge is 0.375 e. The number of hydrogen-bond donors (Lipinski definition) is 1. The van der Waals surface area contributed by atoms with Gasteiger partial charge in [0.25, 0.3) is 0 Å². The molecule has 3 aromatic rings. The van der Waals surface area contributed by atoms with Crippen molar-refractivity contribution < 1.29 is 18.3 Å². The van der Waals surface area contributed by atoms with E-state index in [0.717, 1.165) is 35.3 Å². The van der Waals surface area contributed by atoms with Gasteiger partial charge in [0.15, 0.2) is 5.82 Å². The minimum absolute atomic E-state index is 0.0409. The fourth-order valence-electron chi connectivity index (χ4n) is 4.91. The average Bonchev–Trinajstić information content (AvgIpc) is 3.35. The zero-order chi connectivity index (χ0) is 23.8. The number of carbonyl (C=O) groups is 1. The highest BCUT2D eigenvalue weighted by Gasteiger charge is 2.32. The lowest BCUT2D eigenvalue weighted by Gasteiger charge is -2.25.